The van der Waals surface area contributed by atoms with Crippen LogP contribution in [0.5, 0.6) is 0 Å². The van der Waals surface area contributed by atoms with Crippen molar-refractivity contribution in [1.29, 1.82) is 0 Å². The second-order valence-corrected chi connectivity index (χ2v) is 5.60. The van der Waals surface area contributed by atoms with Crippen molar-refractivity contribution < 1.29 is 4.74 Å². The summed E-state index contributed by atoms with van der Waals surface area (Å²) in [7, 11) is 0. The summed E-state index contributed by atoms with van der Waals surface area (Å²) in [6, 6.07) is 12.9. The van der Waals surface area contributed by atoms with Gasteiger partial charge in [-0.05, 0) is 24.5 Å². The lowest BCUT2D eigenvalue weighted by molar-refractivity contribution is 0.0792. The molecule has 2 aromatic rings. The van der Waals surface area contributed by atoms with E-state index in [1.54, 1.807) is 0 Å². The number of aromatic nitrogens is 2. The number of piperidine rings is 1. The van der Waals surface area contributed by atoms with Gasteiger partial charge in [0.25, 0.3) is 0 Å². The highest BCUT2D eigenvalue weighted by Gasteiger charge is 2.20. The Morgan fingerprint density at radius 3 is 2.62 bits per heavy atom. The Labute approximate surface area is 126 Å². The molecule has 1 aromatic carbocycles. The van der Waals surface area contributed by atoms with Crippen molar-refractivity contribution in [3.63, 3.8) is 0 Å². The Morgan fingerprint density at radius 2 is 1.90 bits per heavy atom. The predicted octanol–water partition coefficient (Wildman–Crippen LogP) is 2.74. The monoisotopic (exact) mass is 285 g/mol. The Hall–Kier alpha value is -1.65. The molecule has 0 radical (unpaired) electrons. The summed E-state index contributed by atoms with van der Waals surface area (Å²) in [4.78, 5) is 2.49. The number of benzene rings is 1. The number of hydrogen-bond acceptors (Lipinski definition) is 3. The van der Waals surface area contributed by atoms with Crippen LogP contribution >= 0.6 is 0 Å². The molecule has 0 N–H and O–H groups in total. The lowest BCUT2D eigenvalue weighted by Crippen LogP contribution is -2.36. The van der Waals surface area contributed by atoms with E-state index in [0.29, 0.717) is 12.6 Å². The van der Waals surface area contributed by atoms with Crippen LogP contribution in [0.2, 0.25) is 0 Å². The Morgan fingerprint density at radius 1 is 1.10 bits per heavy atom. The van der Waals surface area contributed by atoms with Crippen molar-refractivity contribution in [2.75, 3.05) is 26.2 Å². The fourth-order valence-corrected chi connectivity index (χ4v) is 2.86. The number of hydrogen-bond donors (Lipinski definition) is 0. The summed E-state index contributed by atoms with van der Waals surface area (Å²) < 4.78 is 7.86. The molecule has 1 aliphatic rings. The molecule has 1 saturated heterocycles. The van der Waals surface area contributed by atoms with E-state index in [2.05, 4.69) is 45.1 Å². The minimum atomic E-state index is 0.571. The van der Waals surface area contributed by atoms with Gasteiger partial charge in [-0.2, -0.15) is 5.10 Å². The first-order valence-corrected chi connectivity index (χ1v) is 7.75. The van der Waals surface area contributed by atoms with Crippen LogP contribution in [0, 0.1) is 0 Å². The third kappa shape index (κ3) is 4.16. The molecule has 112 valence electrons. The number of nitrogens with zero attached hydrogens (tertiary/aromatic N) is 3. The van der Waals surface area contributed by atoms with Gasteiger partial charge in [0, 0.05) is 32.0 Å². The van der Waals surface area contributed by atoms with Crippen LogP contribution in [0.4, 0.5) is 0 Å². The highest BCUT2D eigenvalue weighted by molar-refractivity contribution is 5.13. The highest BCUT2D eigenvalue weighted by atomic mass is 16.5. The molecule has 0 bridgehead atoms. The molecule has 0 aliphatic carbocycles. The number of rotatable bonds is 6. The van der Waals surface area contributed by atoms with Crippen LogP contribution in [0.3, 0.4) is 0 Å². The van der Waals surface area contributed by atoms with E-state index < -0.39 is 0 Å². The van der Waals surface area contributed by atoms with Crippen LogP contribution < -0.4 is 0 Å². The maximum atomic E-state index is 5.76. The normalized spacial score (nSPS) is 17.1. The first-order chi connectivity index (χ1) is 10.4. The molecule has 1 aliphatic heterocycles. The van der Waals surface area contributed by atoms with E-state index in [9.17, 15) is 0 Å². The van der Waals surface area contributed by atoms with Gasteiger partial charge in [0.05, 0.1) is 19.3 Å². The topological polar surface area (TPSA) is 30.3 Å². The third-order valence-corrected chi connectivity index (χ3v) is 4.12. The van der Waals surface area contributed by atoms with Gasteiger partial charge in [-0.15, -0.1) is 0 Å². The minimum absolute atomic E-state index is 0.571. The van der Waals surface area contributed by atoms with E-state index in [1.165, 1.54) is 18.4 Å². The van der Waals surface area contributed by atoms with E-state index >= 15 is 0 Å². The Kier molecular flexibility index (Phi) is 5.03. The molecule has 21 heavy (non-hydrogen) atoms. The van der Waals surface area contributed by atoms with E-state index in [1.807, 2.05) is 18.3 Å². The zero-order chi connectivity index (χ0) is 14.3. The molecule has 0 atom stereocenters. The van der Waals surface area contributed by atoms with Gasteiger partial charge >= 0.3 is 0 Å². The maximum absolute atomic E-state index is 5.76. The maximum Gasteiger partial charge on any atom is 0.0717 e. The summed E-state index contributed by atoms with van der Waals surface area (Å²) in [6.45, 7) is 4.82. The molecule has 0 amide bonds. The van der Waals surface area contributed by atoms with Gasteiger partial charge in [0.15, 0.2) is 0 Å². The van der Waals surface area contributed by atoms with Crippen LogP contribution in [0.25, 0.3) is 0 Å². The quantitative estimate of drug-likeness (QED) is 0.765. The first-order valence-electron chi connectivity index (χ1n) is 7.75. The number of likely N-dealkylation sites (tertiary alicyclic amines) is 1. The van der Waals surface area contributed by atoms with Crippen LogP contribution in [-0.4, -0.2) is 40.9 Å². The van der Waals surface area contributed by atoms with Crippen LogP contribution in [-0.2, 0) is 11.3 Å². The summed E-state index contributed by atoms with van der Waals surface area (Å²) in [5.41, 5.74) is 1.25. The molecule has 1 fully saturated rings. The first kappa shape index (κ1) is 14.3. The smallest absolute Gasteiger partial charge is 0.0717 e. The SMILES string of the molecule is c1ccc(COCCN2CCC(n3cccn3)CC2)cc1. The second kappa shape index (κ2) is 7.38. The van der Waals surface area contributed by atoms with Gasteiger partial charge < -0.3 is 9.64 Å². The van der Waals surface area contributed by atoms with E-state index in [0.717, 1.165) is 26.2 Å². The Balaban J connectivity index is 1.33. The van der Waals surface area contributed by atoms with E-state index in [4.69, 9.17) is 4.74 Å². The zero-order valence-corrected chi connectivity index (χ0v) is 12.4. The average molecular weight is 285 g/mol. The largest absolute Gasteiger partial charge is 0.375 e. The zero-order valence-electron chi connectivity index (χ0n) is 12.4. The summed E-state index contributed by atoms with van der Waals surface area (Å²) in [6.07, 6.45) is 6.30. The lowest BCUT2D eigenvalue weighted by Gasteiger charge is -2.31. The van der Waals surface area contributed by atoms with Gasteiger partial charge in [0.2, 0.25) is 0 Å². The minimum Gasteiger partial charge on any atom is -0.375 e. The van der Waals surface area contributed by atoms with E-state index in [-0.39, 0.29) is 0 Å². The molecule has 0 unspecified atom stereocenters. The standard InChI is InChI=1S/C17H23N3O/c1-2-5-16(6-3-1)15-21-14-13-19-11-7-17(8-12-19)20-10-4-9-18-20/h1-6,9-10,17H,7-8,11-15H2. The van der Waals surface area contributed by atoms with Gasteiger partial charge in [-0.3, -0.25) is 4.68 Å². The lowest BCUT2D eigenvalue weighted by atomic mass is 10.1. The highest BCUT2D eigenvalue weighted by Crippen LogP contribution is 2.21. The van der Waals surface area contributed by atoms with Crippen molar-refractivity contribution in [3.05, 3.63) is 54.4 Å². The summed E-state index contributed by atoms with van der Waals surface area (Å²) in [5.74, 6) is 0. The molecule has 4 heteroatoms. The van der Waals surface area contributed by atoms with Crippen molar-refractivity contribution in [2.45, 2.75) is 25.5 Å². The number of ether oxygens (including phenoxy) is 1. The average Bonchev–Trinajstić information content (AvgIpc) is 3.08. The molecule has 3 rings (SSSR count). The van der Waals surface area contributed by atoms with Gasteiger partial charge in [-0.25, -0.2) is 0 Å². The second-order valence-electron chi connectivity index (χ2n) is 5.60. The Bertz CT molecular complexity index is 504. The molecule has 4 nitrogen and oxygen atoms in total. The summed E-state index contributed by atoms with van der Waals surface area (Å²) in [5, 5.41) is 4.35. The predicted molar refractivity (Wildman–Crippen MR) is 83.0 cm³/mol. The molecular weight excluding hydrogens is 262 g/mol. The fourth-order valence-electron chi connectivity index (χ4n) is 2.86. The van der Waals surface area contributed by atoms with Crippen molar-refractivity contribution in [1.82, 2.24) is 14.7 Å². The van der Waals surface area contributed by atoms with Gasteiger partial charge in [-0.1, -0.05) is 30.3 Å². The van der Waals surface area contributed by atoms with Crippen molar-refractivity contribution in [3.8, 4) is 0 Å². The fraction of sp³-hybridized carbons (Fsp3) is 0.471. The molecule has 2 heterocycles. The van der Waals surface area contributed by atoms with Crippen molar-refractivity contribution >= 4 is 0 Å². The molecule has 0 saturated carbocycles. The third-order valence-electron chi connectivity index (χ3n) is 4.12. The molecular formula is C17H23N3O. The molecule has 0 spiro atoms. The van der Waals surface area contributed by atoms with Gasteiger partial charge in [0.1, 0.15) is 0 Å². The molecule has 1 aromatic heterocycles. The van der Waals surface area contributed by atoms with Crippen molar-refractivity contribution in [2.24, 2.45) is 0 Å². The van der Waals surface area contributed by atoms with Crippen LogP contribution in [0.15, 0.2) is 48.8 Å². The van der Waals surface area contributed by atoms with Crippen LogP contribution in [0.1, 0.15) is 24.4 Å². The summed E-state index contributed by atoms with van der Waals surface area (Å²) >= 11 is 0.